The predicted octanol–water partition coefficient (Wildman–Crippen LogP) is 1.64. The fourth-order valence-corrected chi connectivity index (χ4v) is 4.45. The van der Waals surface area contributed by atoms with Crippen molar-refractivity contribution in [3.8, 4) is 6.19 Å². The molecule has 4 rings (SSSR count). The third kappa shape index (κ3) is 2.01. The van der Waals surface area contributed by atoms with E-state index in [2.05, 4.69) is 17.2 Å². The van der Waals surface area contributed by atoms with E-state index >= 15 is 0 Å². The summed E-state index contributed by atoms with van der Waals surface area (Å²) in [6.07, 6.45) is 3.65. The topological polar surface area (TPSA) is 89.3 Å². The first kappa shape index (κ1) is 15.0. The van der Waals surface area contributed by atoms with Crippen molar-refractivity contribution >= 4 is 16.9 Å². The van der Waals surface area contributed by atoms with Crippen LogP contribution < -0.4 is 0 Å². The first-order chi connectivity index (χ1) is 11.7. The summed E-state index contributed by atoms with van der Waals surface area (Å²) in [6, 6.07) is 6.09. The lowest BCUT2D eigenvalue weighted by Crippen LogP contribution is -2.49. The number of piperidine rings is 1. The Morgan fingerprint density at radius 3 is 3.08 bits per heavy atom. The van der Waals surface area contributed by atoms with Gasteiger partial charge in [0.15, 0.2) is 6.19 Å². The minimum absolute atomic E-state index is 0.0232. The molecule has 0 radical (unpaired) electrons. The molecule has 1 fully saturated rings. The number of H-pyrrole nitrogens is 1. The highest BCUT2D eigenvalue weighted by molar-refractivity contribution is 5.90. The van der Waals surface area contributed by atoms with E-state index in [1.54, 1.807) is 4.90 Å². The van der Waals surface area contributed by atoms with Gasteiger partial charge >= 0.3 is 5.97 Å². The molecule has 3 atom stereocenters. The molecule has 0 bridgehead atoms. The Hall–Kier alpha value is -2.52. The Balaban J connectivity index is 1.85. The summed E-state index contributed by atoms with van der Waals surface area (Å²) in [6.45, 7) is 0.354. The SMILES string of the molecule is COC(=O)[C@H]1CC2c3cccc4[nH]c(CO)c(c34)C[C@H]2N(C#N)C1. The first-order valence-corrected chi connectivity index (χ1v) is 8.15. The van der Waals surface area contributed by atoms with Crippen LogP contribution in [0.1, 0.15) is 29.2 Å². The zero-order valence-electron chi connectivity index (χ0n) is 13.5. The highest BCUT2D eigenvalue weighted by Crippen LogP contribution is 2.45. The molecule has 24 heavy (non-hydrogen) atoms. The van der Waals surface area contributed by atoms with Crippen molar-refractivity contribution in [2.24, 2.45) is 5.92 Å². The number of hydrogen-bond acceptors (Lipinski definition) is 5. The summed E-state index contributed by atoms with van der Waals surface area (Å²) in [4.78, 5) is 17.0. The lowest BCUT2D eigenvalue weighted by Gasteiger charge is -2.43. The number of esters is 1. The van der Waals surface area contributed by atoms with Gasteiger partial charge in [0.05, 0.1) is 25.7 Å². The lowest BCUT2D eigenvalue weighted by molar-refractivity contribution is -0.147. The van der Waals surface area contributed by atoms with Crippen molar-refractivity contribution in [2.45, 2.75) is 31.4 Å². The summed E-state index contributed by atoms with van der Waals surface area (Å²) >= 11 is 0. The molecule has 6 heteroatoms. The third-order valence-corrected chi connectivity index (χ3v) is 5.50. The van der Waals surface area contributed by atoms with E-state index in [-0.39, 0.29) is 30.5 Å². The van der Waals surface area contributed by atoms with Crippen LogP contribution in [0.4, 0.5) is 0 Å². The minimum atomic E-state index is -0.288. The number of carbonyl (C=O) groups is 1. The molecule has 2 aromatic rings. The Morgan fingerprint density at radius 2 is 2.38 bits per heavy atom. The van der Waals surface area contributed by atoms with Crippen molar-refractivity contribution in [3.05, 3.63) is 35.0 Å². The van der Waals surface area contributed by atoms with Crippen molar-refractivity contribution in [1.29, 1.82) is 5.26 Å². The number of rotatable bonds is 2. The van der Waals surface area contributed by atoms with Crippen LogP contribution in [-0.2, 0) is 22.6 Å². The highest BCUT2D eigenvalue weighted by atomic mass is 16.5. The second-order valence-electron chi connectivity index (χ2n) is 6.60. The molecule has 1 aliphatic carbocycles. The van der Waals surface area contributed by atoms with Gasteiger partial charge in [-0.2, -0.15) is 5.26 Å². The van der Waals surface area contributed by atoms with Gasteiger partial charge in [-0.05, 0) is 30.0 Å². The van der Waals surface area contributed by atoms with Crippen LogP contribution in [0, 0.1) is 17.4 Å². The Labute approximate surface area is 139 Å². The second-order valence-corrected chi connectivity index (χ2v) is 6.60. The standard InChI is InChI=1S/C18H19N3O3/c1-24-18(23)10-5-12-11-3-2-4-14-17(11)13(15(8-22)20-14)6-16(12)21(7-10)9-19/h2-4,10,12,16,20,22H,5-8H2,1H3/t10-,12?,16+/m0/s1. The van der Waals surface area contributed by atoms with Gasteiger partial charge in [0, 0.05) is 29.1 Å². The Bertz CT molecular complexity index is 851. The number of nitrogens with one attached hydrogen (secondary N) is 1. The number of benzene rings is 1. The van der Waals surface area contributed by atoms with Gasteiger partial charge in [-0.15, -0.1) is 0 Å². The quantitative estimate of drug-likeness (QED) is 0.647. The van der Waals surface area contributed by atoms with Crippen LogP contribution >= 0.6 is 0 Å². The fraction of sp³-hybridized carbons (Fsp3) is 0.444. The average molecular weight is 325 g/mol. The second kappa shape index (κ2) is 5.53. The van der Waals surface area contributed by atoms with Crippen LogP contribution in [0.15, 0.2) is 18.2 Å². The van der Waals surface area contributed by atoms with Gasteiger partial charge in [-0.3, -0.25) is 4.79 Å². The third-order valence-electron chi connectivity index (χ3n) is 5.50. The number of fused-ring (bicyclic) bond motifs is 2. The van der Waals surface area contributed by atoms with Gasteiger partial charge in [0.25, 0.3) is 0 Å². The molecule has 1 aromatic carbocycles. The van der Waals surface area contributed by atoms with Gasteiger partial charge in [-0.1, -0.05) is 12.1 Å². The van der Waals surface area contributed by atoms with Gasteiger partial charge < -0.3 is 19.7 Å². The first-order valence-electron chi connectivity index (χ1n) is 8.15. The molecule has 1 aromatic heterocycles. The van der Waals surface area contributed by atoms with Crippen molar-refractivity contribution in [2.75, 3.05) is 13.7 Å². The van der Waals surface area contributed by atoms with E-state index in [0.29, 0.717) is 19.4 Å². The van der Waals surface area contributed by atoms with E-state index in [1.165, 1.54) is 7.11 Å². The Morgan fingerprint density at radius 1 is 1.54 bits per heavy atom. The van der Waals surface area contributed by atoms with Crippen LogP contribution in [-0.4, -0.2) is 40.7 Å². The number of hydrogen-bond donors (Lipinski definition) is 2. The van der Waals surface area contributed by atoms with Gasteiger partial charge in [0.2, 0.25) is 0 Å². The molecule has 2 aliphatic rings. The van der Waals surface area contributed by atoms with Gasteiger partial charge in [0.1, 0.15) is 0 Å². The van der Waals surface area contributed by atoms with Crippen molar-refractivity contribution in [1.82, 2.24) is 9.88 Å². The molecule has 1 unspecified atom stereocenters. The van der Waals surface area contributed by atoms with E-state index in [9.17, 15) is 15.2 Å². The van der Waals surface area contributed by atoms with Crippen LogP contribution in [0.5, 0.6) is 0 Å². The molecule has 2 heterocycles. The minimum Gasteiger partial charge on any atom is -0.469 e. The normalized spacial score (nSPS) is 25.2. The number of aliphatic hydroxyl groups excluding tert-OH is 1. The number of methoxy groups -OCH3 is 1. The molecule has 124 valence electrons. The molecule has 2 N–H and O–H groups in total. The van der Waals surface area contributed by atoms with E-state index in [1.807, 2.05) is 12.1 Å². The summed E-state index contributed by atoms with van der Waals surface area (Å²) in [5, 5.41) is 20.4. The highest BCUT2D eigenvalue weighted by Gasteiger charge is 2.43. The average Bonchev–Trinajstić information content (AvgIpc) is 2.99. The summed E-state index contributed by atoms with van der Waals surface area (Å²) in [5.74, 6) is -0.429. The maximum Gasteiger partial charge on any atom is 0.310 e. The number of nitrogens with zero attached hydrogens (tertiary/aromatic N) is 2. The zero-order chi connectivity index (χ0) is 16.8. The molecule has 6 nitrogen and oxygen atoms in total. The van der Waals surface area contributed by atoms with E-state index in [4.69, 9.17) is 4.74 Å². The summed E-state index contributed by atoms with van der Waals surface area (Å²) < 4.78 is 4.91. The summed E-state index contributed by atoms with van der Waals surface area (Å²) in [7, 11) is 1.39. The van der Waals surface area contributed by atoms with E-state index in [0.717, 1.165) is 27.7 Å². The number of aromatic nitrogens is 1. The van der Waals surface area contributed by atoms with Crippen molar-refractivity contribution in [3.63, 3.8) is 0 Å². The molecule has 1 aliphatic heterocycles. The van der Waals surface area contributed by atoms with Gasteiger partial charge in [-0.25, -0.2) is 0 Å². The predicted molar refractivity (Wildman–Crippen MR) is 86.9 cm³/mol. The Kier molecular flexibility index (Phi) is 3.47. The molecular formula is C18H19N3O3. The molecule has 0 saturated carbocycles. The van der Waals surface area contributed by atoms with Crippen LogP contribution in [0.2, 0.25) is 0 Å². The molecule has 0 amide bonds. The van der Waals surface area contributed by atoms with Crippen molar-refractivity contribution < 1.29 is 14.6 Å². The lowest BCUT2D eigenvalue weighted by atomic mass is 9.72. The summed E-state index contributed by atoms with van der Waals surface area (Å²) in [5.41, 5.74) is 4.09. The number of aromatic amines is 1. The number of nitriles is 1. The molecule has 0 spiro atoms. The number of aliphatic hydroxyl groups is 1. The maximum absolute atomic E-state index is 12.0. The van der Waals surface area contributed by atoms with Crippen LogP contribution in [0.3, 0.4) is 0 Å². The smallest absolute Gasteiger partial charge is 0.310 e. The fourth-order valence-electron chi connectivity index (χ4n) is 4.45. The zero-order valence-corrected chi connectivity index (χ0v) is 13.5. The van der Waals surface area contributed by atoms with Crippen LogP contribution in [0.25, 0.3) is 10.9 Å². The molecular weight excluding hydrogens is 306 g/mol. The largest absolute Gasteiger partial charge is 0.469 e. The monoisotopic (exact) mass is 325 g/mol. The maximum atomic E-state index is 12.0. The molecule has 1 saturated heterocycles. The number of carbonyl (C=O) groups excluding carboxylic acids is 1. The number of ether oxygens (including phenoxy) is 1. The number of likely N-dealkylation sites (tertiary alicyclic amines) is 1. The van der Waals surface area contributed by atoms with E-state index < -0.39 is 0 Å².